The van der Waals surface area contributed by atoms with E-state index in [-0.39, 0.29) is 16.4 Å². The Morgan fingerprint density at radius 2 is 1.75 bits per heavy atom. The van der Waals surface area contributed by atoms with E-state index in [4.69, 9.17) is 4.99 Å². The third kappa shape index (κ3) is 4.25. The summed E-state index contributed by atoms with van der Waals surface area (Å²) in [5, 5.41) is 1.18. The van der Waals surface area contributed by atoms with Gasteiger partial charge in [-0.15, -0.1) is 11.8 Å². The smallest absolute Gasteiger partial charge is 0.0690 e. The fourth-order valence-electron chi connectivity index (χ4n) is 4.01. The summed E-state index contributed by atoms with van der Waals surface area (Å²) in [5.74, 6) is 0.517. The summed E-state index contributed by atoms with van der Waals surface area (Å²) >= 11 is 1.75. The fourth-order valence-corrected chi connectivity index (χ4v) is 4.30. The molecule has 2 heteroatoms. The van der Waals surface area contributed by atoms with Gasteiger partial charge < -0.3 is 0 Å². The molecule has 0 aromatic heterocycles. The first-order valence-electron chi connectivity index (χ1n) is 8.98. The predicted octanol–water partition coefficient (Wildman–Crippen LogP) is 7.07. The molecule has 1 aliphatic carbocycles. The molecule has 0 aromatic carbocycles. The van der Waals surface area contributed by atoms with E-state index in [1.165, 1.54) is 16.2 Å². The van der Waals surface area contributed by atoms with Crippen molar-refractivity contribution in [2.24, 2.45) is 21.7 Å². The van der Waals surface area contributed by atoms with E-state index in [0.717, 1.165) is 6.42 Å². The molecule has 1 saturated carbocycles. The minimum absolute atomic E-state index is 0.0326. The standard InChI is InChI=1S/C22H37NS/c1-12-18(20(6,7)8)13-16(4)19(15(2)3)21(9)14-22(21,10)23-17(5)24-11/h12-13,15H,1,14H2,2-11H3/b18-13+,19-16+,23-17-. The van der Waals surface area contributed by atoms with Crippen molar-refractivity contribution in [3.8, 4) is 0 Å². The van der Waals surface area contributed by atoms with Gasteiger partial charge in [-0.1, -0.05) is 71.4 Å². The van der Waals surface area contributed by atoms with Crippen LogP contribution in [0.4, 0.5) is 0 Å². The number of thioether (sulfide) groups is 1. The summed E-state index contributed by atoms with van der Waals surface area (Å²) < 4.78 is 0. The molecular weight excluding hydrogens is 310 g/mol. The Labute approximate surface area is 154 Å². The minimum Gasteiger partial charge on any atom is -0.276 e. The van der Waals surface area contributed by atoms with Gasteiger partial charge in [0.05, 0.1) is 10.6 Å². The number of hydrogen-bond acceptors (Lipinski definition) is 2. The maximum absolute atomic E-state index is 5.03. The lowest BCUT2D eigenvalue weighted by Crippen LogP contribution is -2.20. The van der Waals surface area contributed by atoms with Crippen LogP contribution in [0.2, 0.25) is 0 Å². The SMILES string of the molecule is C=C/C(=C\C(C)=C(/C(C)C)C1(C)CC1(C)/N=C(/C)SC)C(C)(C)C. The van der Waals surface area contributed by atoms with Crippen LogP contribution in [0, 0.1) is 16.7 Å². The summed E-state index contributed by atoms with van der Waals surface area (Å²) in [6.07, 6.45) is 7.59. The highest BCUT2D eigenvalue weighted by Gasteiger charge is 2.63. The Balaban J connectivity index is 3.40. The molecule has 2 atom stereocenters. The van der Waals surface area contributed by atoms with Crippen LogP contribution in [0.1, 0.15) is 68.7 Å². The molecule has 0 heterocycles. The summed E-state index contributed by atoms with van der Waals surface area (Å²) in [7, 11) is 0. The Morgan fingerprint density at radius 3 is 2.12 bits per heavy atom. The lowest BCUT2D eigenvalue weighted by atomic mass is 9.79. The number of hydrogen-bond donors (Lipinski definition) is 0. The van der Waals surface area contributed by atoms with Crippen molar-refractivity contribution in [2.45, 2.75) is 74.3 Å². The van der Waals surface area contributed by atoms with Gasteiger partial charge in [0, 0.05) is 5.41 Å². The second kappa shape index (κ2) is 7.23. The molecule has 0 bridgehead atoms. The van der Waals surface area contributed by atoms with Crippen molar-refractivity contribution >= 4 is 16.8 Å². The number of nitrogens with zero attached hydrogens (tertiary/aromatic N) is 1. The molecule has 0 N–H and O–H groups in total. The molecule has 1 aliphatic rings. The lowest BCUT2D eigenvalue weighted by Gasteiger charge is -2.27. The van der Waals surface area contributed by atoms with Gasteiger partial charge in [-0.3, -0.25) is 4.99 Å². The Morgan fingerprint density at radius 1 is 1.21 bits per heavy atom. The minimum atomic E-state index is 0.0326. The molecule has 0 aliphatic heterocycles. The van der Waals surface area contributed by atoms with Crippen LogP contribution < -0.4 is 0 Å². The van der Waals surface area contributed by atoms with Crippen molar-refractivity contribution in [1.82, 2.24) is 0 Å². The van der Waals surface area contributed by atoms with Crippen LogP contribution in [0.15, 0.2) is 40.4 Å². The summed E-state index contributed by atoms with van der Waals surface area (Å²) in [6.45, 7) is 24.5. The molecule has 1 fully saturated rings. The Kier molecular flexibility index (Phi) is 6.42. The summed E-state index contributed by atoms with van der Waals surface area (Å²) in [4.78, 5) is 5.03. The molecule has 0 radical (unpaired) electrons. The maximum atomic E-state index is 5.03. The number of aliphatic imine (C=N–C) groups is 1. The summed E-state index contributed by atoms with van der Waals surface area (Å²) in [6, 6.07) is 0. The second-order valence-electron chi connectivity index (χ2n) is 8.92. The predicted molar refractivity (Wildman–Crippen MR) is 113 cm³/mol. The number of allylic oxidation sites excluding steroid dienone is 4. The van der Waals surface area contributed by atoms with Gasteiger partial charge in [-0.2, -0.15) is 0 Å². The molecular formula is C22H37NS. The van der Waals surface area contributed by atoms with Gasteiger partial charge in [-0.05, 0) is 50.4 Å². The highest BCUT2D eigenvalue weighted by Crippen LogP contribution is 2.65. The monoisotopic (exact) mass is 347 g/mol. The van der Waals surface area contributed by atoms with Crippen LogP contribution in [-0.4, -0.2) is 16.8 Å². The molecule has 1 nitrogen and oxygen atoms in total. The van der Waals surface area contributed by atoms with Gasteiger partial charge in [0.1, 0.15) is 0 Å². The second-order valence-corrected chi connectivity index (χ2v) is 9.92. The van der Waals surface area contributed by atoms with E-state index in [2.05, 4.69) is 81.2 Å². The van der Waals surface area contributed by atoms with Crippen molar-refractivity contribution in [2.75, 3.05) is 6.26 Å². The largest absolute Gasteiger partial charge is 0.276 e. The van der Waals surface area contributed by atoms with E-state index in [9.17, 15) is 0 Å². The average Bonchev–Trinajstić information content (AvgIpc) is 2.95. The van der Waals surface area contributed by atoms with Crippen LogP contribution >= 0.6 is 11.8 Å². The van der Waals surface area contributed by atoms with Crippen molar-refractivity contribution in [3.05, 3.63) is 35.5 Å². The topological polar surface area (TPSA) is 12.4 Å². The fraction of sp³-hybridized carbons (Fsp3) is 0.682. The zero-order valence-corrected chi connectivity index (χ0v) is 18.3. The van der Waals surface area contributed by atoms with Crippen molar-refractivity contribution in [3.63, 3.8) is 0 Å². The molecule has 2 unspecified atom stereocenters. The molecule has 1 rings (SSSR count). The zero-order valence-electron chi connectivity index (χ0n) is 17.5. The van der Waals surface area contributed by atoms with Crippen LogP contribution in [0.3, 0.4) is 0 Å². The van der Waals surface area contributed by atoms with Crippen LogP contribution in [0.5, 0.6) is 0 Å². The van der Waals surface area contributed by atoms with Gasteiger partial charge in [0.25, 0.3) is 0 Å². The first kappa shape index (κ1) is 21.3. The first-order chi connectivity index (χ1) is 10.8. The molecule has 136 valence electrons. The average molecular weight is 348 g/mol. The Bertz CT molecular complexity index is 586. The zero-order chi connectivity index (χ0) is 18.9. The van der Waals surface area contributed by atoms with E-state index in [0.29, 0.717) is 5.92 Å². The molecule has 0 saturated heterocycles. The molecule has 0 spiro atoms. The van der Waals surface area contributed by atoms with Crippen molar-refractivity contribution < 1.29 is 0 Å². The third-order valence-corrected chi connectivity index (χ3v) is 6.20. The van der Waals surface area contributed by atoms with Gasteiger partial charge >= 0.3 is 0 Å². The normalized spacial score (nSPS) is 29.6. The molecule has 24 heavy (non-hydrogen) atoms. The van der Waals surface area contributed by atoms with E-state index in [1.807, 2.05) is 6.08 Å². The third-order valence-electron chi connectivity index (χ3n) is 5.52. The summed E-state index contributed by atoms with van der Waals surface area (Å²) in [5.41, 5.74) is 4.54. The van der Waals surface area contributed by atoms with Crippen molar-refractivity contribution in [1.29, 1.82) is 0 Å². The van der Waals surface area contributed by atoms with Gasteiger partial charge in [-0.25, -0.2) is 0 Å². The highest BCUT2D eigenvalue weighted by atomic mass is 32.2. The van der Waals surface area contributed by atoms with E-state index in [1.54, 1.807) is 17.3 Å². The van der Waals surface area contributed by atoms with Gasteiger partial charge in [0.15, 0.2) is 0 Å². The quantitative estimate of drug-likeness (QED) is 0.294. The molecule has 0 amide bonds. The van der Waals surface area contributed by atoms with E-state index >= 15 is 0 Å². The first-order valence-corrected chi connectivity index (χ1v) is 10.2. The van der Waals surface area contributed by atoms with Crippen LogP contribution in [0.25, 0.3) is 0 Å². The molecule has 0 aromatic rings. The lowest BCUT2D eigenvalue weighted by molar-refractivity contribution is 0.492. The highest BCUT2D eigenvalue weighted by molar-refractivity contribution is 8.13. The maximum Gasteiger partial charge on any atom is 0.0690 e. The van der Waals surface area contributed by atoms with E-state index < -0.39 is 0 Å². The number of rotatable bonds is 5. The van der Waals surface area contributed by atoms with Crippen LogP contribution in [-0.2, 0) is 0 Å². The Hall–Kier alpha value is -0.760. The van der Waals surface area contributed by atoms with Gasteiger partial charge in [0.2, 0.25) is 0 Å².